The van der Waals surface area contributed by atoms with Crippen molar-refractivity contribution in [3.8, 4) is 11.8 Å². The van der Waals surface area contributed by atoms with Crippen LogP contribution in [0.15, 0.2) is 54.6 Å². The topological polar surface area (TPSA) is 126 Å². The van der Waals surface area contributed by atoms with E-state index >= 15 is 0 Å². The van der Waals surface area contributed by atoms with Gasteiger partial charge >= 0.3 is 0 Å². The van der Waals surface area contributed by atoms with E-state index in [1.807, 2.05) is 23.1 Å². The van der Waals surface area contributed by atoms with E-state index in [0.29, 0.717) is 68.2 Å². The molecule has 3 heterocycles. The lowest BCUT2D eigenvalue weighted by atomic mass is 9.83. The molecule has 0 saturated carbocycles. The molecule has 10 nitrogen and oxygen atoms in total. The number of amides is 3. The van der Waals surface area contributed by atoms with Crippen molar-refractivity contribution in [3.05, 3.63) is 93.8 Å². The summed E-state index contributed by atoms with van der Waals surface area (Å²) in [7, 11) is 0. The molecule has 236 valence electrons. The van der Waals surface area contributed by atoms with Crippen LogP contribution < -0.4 is 15.0 Å². The number of fused-ring (bicyclic) bond motifs is 2. The number of aliphatic hydroxyl groups excluding tert-OH is 1. The number of halogens is 1. The van der Waals surface area contributed by atoms with Gasteiger partial charge in [0.15, 0.2) is 0 Å². The first-order valence-electron chi connectivity index (χ1n) is 15.7. The number of imide groups is 1. The highest BCUT2D eigenvalue weighted by atomic mass is 19.1. The van der Waals surface area contributed by atoms with Crippen LogP contribution in [0.3, 0.4) is 0 Å². The van der Waals surface area contributed by atoms with Crippen molar-refractivity contribution >= 4 is 23.4 Å². The quantitative estimate of drug-likeness (QED) is 0.401. The summed E-state index contributed by atoms with van der Waals surface area (Å²) in [5.74, 6) is -0.817. The largest absolute Gasteiger partial charge is 0.489 e. The third-order valence-electron chi connectivity index (χ3n) is 9.66. The Bertz CT molecular complexity index is 1760. The molecule has 2 fully saturated rings. The maximum Gasteiger partial charge on any atom is 0.255 e. The van der Waals surface area contributed by atoms with Gasteiger partial charge in [-0.3, -0.25) is 24.6 Å². The van der Waals surface area contributed by atoms with E-state index in [1.165, 1.54) is 11.0 Å². The molecule has 3 aliphatic heterocycles. The predicted octanol–water partition coefficient (Wildman–Crippen LogP) is 3.21. The van der Waals surface area contributed by atoms with Gasteiger partial charge in [-0.25, -0.2) is 4.39 Å². The number of carbonyl (C=O) groups is 3. The van der Waals surface area contributed by atoms with E-state index in [4.69, 9.17) is 10.00 Å². The molecule has 11 heteroatoms. The molecule has 3 aromatic rings. The molecule has 2 N–H and O–H groups in total. The van der Waals surface area contributed by atoms with E-state index < -0.39 is 23.9 Å². The molecule has 46 heavy (non-hydrogen) atoms. The number of rotatable bonds is 6. The Balaban J connectivity index is 1.02. The van der Waals surface area contributed by atoms with Crippen molar-refractivity contribution in [1.29, 1.82) is 5.26 Å². The first-order chi connectivity index (χ1) is 22.3. The van der Waals surface area contributed by atoms with Crippen LogP contribution in [0.1, 0.15) is 63.5 Å². The van der Waals surface area contributed by atoms with E-state index in [9.17, 15) is 23.9 Å². The van der Waals surface area contributed by atoms with Gasteiger partial charge in [-0.2, -0.15) is 5.26 Å². The summed E-state index contributed by atoms with van der Waals surface area (Å²) in [4.78, 5) is 43.0. The zero-order valence-electron chi connectivity index (χ0n) is 25.2. The number of piperidine rings is 1. The standard InChI is InChI=1S/C35H34FN5O5/c36-27-17-21(18-37)5-8-28(27)39-12-14-40(15-13-39)33-24-7-4-22(16-23(24)6-10-30(33)42)20-46-31-3-1-2-25-26(31)19-41(35(25)45)29-9-11-32(43)38-34(29)44/h1-5,7-8,16-17,29-30,33,42H,6,9-15,19-20H2,(H,38,43,44)/t29-,30?,33?/m0/s1. The Hall–Kier alpha value is -4.79. The SMILES string of the molecule is N#Cc1ccc(N2CCN(C3c4ccc(COc5cccc6c5CN([C@H]5CCC(=O)NC5=O)C6=O)cc4CCC3O)CC2)c(F)c1. The zero-order valence-corrected chi connectivity index (χ0v) is 25.2. The van der Waals surface area contributed by atoms with Gasteiger partial charge < -0.3 is 19.6 Å². The predicted molar refractivity (Wildman–Crippen MR) is 165 cm³/mol. The molecule has 0 bridgehead atoms. The molecule has 2 saturated heterocycles. The van der Waals surface area contributed by atoms with Gasteiger partial charge in [-0.05, 0) is 66.3 Å². The third kappa shape index (κ3) is 5.48. The maximum atomic E-state index is 14.6. The highest BCUT2D eigenvalue weighted by Gasteiger charge is 2.40. The first-order valence-corrected chi connectivity index (χ1v) is 15.7. The third-order valence-corrected chi connectivity index (χ3v) is 9.66. The average molecular weight is 624 g/mol. The number of benzene rings is 3. The van der Waals surface area contributed by atoms with Crippen LogP contribution in [-0.4, -0.2) is 71.0 Å². The molecular weight excluding hydrogens is 589 g/mol. The Morgan fingerprint density at radius 1 is 1.00 bits per heavy atom. The molecule has 3 amide bonds. The van der Waals surface area contributed by atoms with Crippen LogP contribution in [-0.2, 0) is 29.2 Å². The summed E-state index contributed by atoms with van der Waals surface area (Å²) < 4.78 is 20.9. The Morgan fingerprint density at radius 3 is 2.59 bits per heavy atom. The van der Waals surface area contributed by atoms with Crippen LogP contribution in [0.25, 0.3) is 0 Å². The zero-order chi connectivity index (χ0) is 31.9. The van der Waals surface area contributed by atoms with Crippen LogP contribution in [0.5, 0.6) is 5.75 Å². The highest BCUT2D eigenvalue weighted by Crippen LogP contribution is 2.37. The number of aryl methyl sites for hydroxylation is 1. The molecule has 0 aromatic heterocycles. The van der Waals surface area contributed by atoms with E-state index in [2.05, 4.69) is 22.3 Å². The van der Waals surface area contributed by atoms with Crippen LogP contribution in [0.4, 0.5) is 10.1 Å². The smallest absolute Gasteiger partial charge is 0.255 e. The first kappa shape index (κ1) is 29.9. The number of piperazine rings is 1. The number of carbonyl (C=O) groups excluding carboxylic acids is 3. The van der Waals surface area contributed by atoms with Gasteiger partial charge in [0.1, 0.15) is 24.2 Å². The van der Waals surface area contributed by atoms with Crippen molar-refractivity contribution in [2.24, 2.45) is 0 Å². The molecule has 0 radical (unpaired) electrons. The van der Waals surface area contributed by atoms with Crippen molar-refractivity contribution < 1.29 is 28.6 Å². The second kappa shape index (κ2) is 12.2. The lowest BCUT2D eigenvalue weighted by Gasteiger charge is -2.44. The number of hydrogen-bond acceptors (Lipinski definition) is 8. The normalized spacial score (nSPS) is 23.1. The minimum Gasteiger partial charge on any atom is -0.489 e. The maximum absolute atomic E-state index is 14.6. The summed E-state index contributed by atoms with van der Waals surface area (Å²) in [5, 5.41) is 22.5. The molecule has 2 unspecified atom stereocenters. The second-order valence-corrected chi connectivity index (χ2v) is 12.4. The van der Waals surface area contributed by atoms with Crippen molar-refractivity contribution in [1.82, 2.24) is 15.1 Å². The van der Waals surface area contributed by atoms with E-state index in [0.717, 1.165) is 28.7 Å². The van der Waals surface area contributed by atoms with Crippen LogP contribution in [0, 0.1) is 17.1 Å². The fourth-order valence-electron chi connectivity index (χ4n) is 7.29. The second-order valence-electron chi connectivity index (χ2n) is 12.4. The Morgan fingerprint density at radius 2 is 1.83 bits per heavy atom. The van der Waals surface area contributed by atoms with Crippen molar-refractivity contribution in [2.75, 3.05) is 31.1 Å². The molecule has 4 aliphatic rings. The molecule has 3 atom stereocenters. The van der Waals surface area contributed by atoms with Gasteiger partial charge in [-0.15, -0.1) is 0 Å². The summed E-state index contributed by atoms with van der Waals surface area (Å²) in [6.45, 7) is 3.08. The Kier molecular flexibility index (Phi) is 7.92. The number of aliphatic hydroxyl groups is 1. The Labute approximate surface area is 266 Å². The monoisotopic (exact) mass is 623 g/mol. The lowest BCUT2D eigenvalue weighted by Crippen LogP contribution is -2.52. The average Bonchev–Trinajstić information content (AvgIpc) is 3.40. The summed E-state index contributed by atoms with van der Waals surface area (Å²) in [6, 6.07) is 17.2. The highest BCUT2D eigenvalue weighted by molar-refractivity contribution is 6.05. The fraction of sp³-hybridized carbons (Fsp3) is 0.371. The summed E-state index contributed by atoms with van der Waals surface area (Å²) in [5.41, 5.74) is 5.25. The molecule has 1 aliphatic carbocycles. The van der Waals surface area contributed by atoms with Gasteiger partial charge in [0.2, 0.25) is 11.8 Å². The van der Waals surface area contributed by atoms with Crippen LogP contribution >= 0.6 is 0 Å². The molecule has 3 aromatic carbocycles. The lowest BCUT2D eigenvalue weighted by molar-refractivity contribution is -0.136. The number of ether oxygens (including phenoxy) is 1. The fourth-order valence-corrected chi connectivity index (χ4v) is 7.29. The minimum absolute atomic E-state index is 0.159. The van der Waals surface area contributed by atoms with Gasteiger partial charge in [0.05, 0.1) is 36.0 Å². The van der Waals surface area contributed by atoms with Gasteiger partial charge in [0.25, 0.3) is 5.91 Å². The van der Waals surface area contributed by atoms with Crippen molar-refractivity contribution in [3.63, 3.8) is 0 Å². The van der Waals surface area contributed by atoms with Crippen LogP contribution in [0.2, 0.25) is 0 Å². The summed E-state index contributed by atoms with van der Waals surface area (Å²) >= 11 is 0. The number of anilines is 1. The molecular formula is C35H34FN5O5. The number of nitriles is 1. The molecule has 7 rings (SSSR count). The van der Waals surface area contributed by atoms with Gasteiger partial charge in [0, 0.05) is 43.7 Å². The number of nitrogens with zero attached hydrogens (tertiary/aromatic N) is 4. The molecule has 0 spiro atoms. The number of hydrogen-bond donors (Lipinski definition) is 2. The minimum atomic E-state index is -0.686. The summed E-state index contributed by atoms with van der Waals surface area (Å²) in [6.07, 6.45) is 1.37. The van der Waals surface area contributed by atoms with Crippen molar-refractivity contribution in [2.45, 2.75) is 57.0 Å². The van der Waals surface area contributed by atoms with E-state index in [1.54, 1.807) is 24.3 Å². The number of nitrogens with one attached hydrogen (secondary N) is 1. The van der Waals surface area contributed by atoms with E-state index in [-0.39, 0.29) is 30.8 Å². The van der Waals surface area contributed by atoms with Gasteiger partial charge in [-0.1, -0.05) is 24.3 Å².